The van der Waals surface area contributed by atoms with Crippen LogP contribution in [-0.2, 0) is 17.7 Å². The first-order chi connectivity index (χ1) is 13.3. The van der Waals surface area contributed by atoms with Crippen molar-refractivity contribution in [1.82, 2.24) is 9.55 Å². The van der Waals surface area contributed by atoms with E-state index in [1.807, 2.05) is 24.7 Å². The van der Waals surface area contributed by atoms with Crippen molar-refractivity contribution in [2.24, 2.45) is 0 Å². The van der Waals surface area contributed by atoms with E-state index in [2.05, 4.69) is 16.5 Å². The van der Waals surface area contributed by atoms with Crippen molar-refractivity contribution in [3.8, 4) is 0 Å². The van der Waals surface area contributed by atoms with Crippen molar-refractivity contribution in [1.29, 1.82) is 0 Å². The van der Waals surface area contributed by atoms with Crippen LogP contribution in [0.1, 0.15) is 70.3 Å². The molecule has 0 fully saturated rings. The minimum absolute atomic E-state index is 0.161. The molecule has 0 saturated carbocycles. The van der Waals surface area contributed by atoms with Crippen LogP contribution in [0.25, 0.3) is 0 Å². The molecule has 0 amide bonds. The number of rotatable bonds is 15. The van der Waals surface area contributed by atoms with Gasteiger partial charge in [-0.15, -0.1) is 0 Å². The van der Waals surface area contributed by atoms with Gasteiger partial charge in [-0.2, -0.15) is 0 Å². The quantitative estimate of drug-likeness (QED) is 0.348. The summed E-state index contributed by atoms with van der Waals surface area (Å²) in [6.07, 6.45) is 18.1. The number of hydrogen-bond donors (Lipinski definition) is 0. The molecule has 3 nitrogen and oxygen atoms in total. The van der Waals surface area contributed by atoms with E-state index in [1.54, 1.807) is 6.20 Å². The molecule has 0 saturated heterocycles. The van der Waals surface area contributed by atoms with Gasteiger partial charge in [-0.05, 0) is 37.0 Å². The van der Waals surface area contributed by atoms with Gasteiger partial charge in [-0.3, -0.25) is 0 Å². The van der Waals surface area contributed by atoms with Crippen molar-refractivity contribution in [2.75, 3.05) is 6.61 Å². The molecule has 27 heavy (non-hydrogen) atoms. The van der Waals surface area contributed by atoms with Gasteiger partial charge >= 0.3 is 0 Å². The predicted octanol–water partition coefficient (Wildman–Crippen LogP) is 6.18. The zero-order valence-electron chi connectivity index (χ0n) is 16.8. The van der Waals surface area contributed by atoms with Crippen LogP contribution in [0.15, 0.2) is 43.0 Å². The Bertz CT molecular complexity index is 583. The molecule has 0 aliphatic carbocycles. The second kappa shape index (κ2) is 13.5. The zero-order valence-corrected chi connectivity index (χ0v) is 16.8. The number of benzene rings is 1. The Hall–Kier alpha value is -1.68. The maximum atomic E-state index is 13.1. The largest absolute Gasteiger partial charge is 0.376 e. The molecule has 1 aromatic heterocycles. The van der Waals surface area contributed by atoms with E-state index in [4.69, 9.17) is 4.74 Å². The number of aryl methyl sites for hydroxylation is 1. The molecule has 1 heterocycles. The van der Waals surface area contributed by atoms with Crippen LogP contribution in [0.3, 0.4) is 0 Å². The SMILES string of the molecule is CCCCCCCCCCOC(CCc1ccc(F)cc1)Cn1ccnc1. The summed E-state index contributed by atoms with van der Waals surface area (Å²) in [5, 5.41) is 0. The van der Waals surface area contributed by atoms with E-state index in [9.17, 15) is 4.39 Å². The van der Waals surface area contributed by atoms with Crippen molar-refractivity contribution in [3.63, 3.8) is 0 Å². The lowest BCUT2D eigenvalue weighted by Gasteiger charge is -2.18. The Morgan fingerprint density at radius 3 is 2.37 bits per heavy atom. The second-order valence-corrected chi connectivity index (χ2v) is 7.39. The topological polar surface area (TPSA) is 27.1 Å². The lowest BCUT2D eigenvalue weighted by molar-refractivity contribution is 0.0335. The lowest BCUT2D eigenvalue weighted by atomic mass is 10.1. The highest BCUT2D eigenvalue weighted by Gasteiger charge is 2.10. The Labute approximate surface area is 164 Å². The first-order valence-electron chi connectivity index (χ1n) is 10.6. The van der Waals surface area contributed by atoms with Gasteiger partial charge in [0.1, 0.15) is 5.82 Å². The van der Waals surface area contributed by atoms with Gasteiger partial charge in [-0.25, -0.2) is 9.37 Å². The predicted molar refractivity (Wildman–Crippen MR) is 109 cm³/mol. The van der Waals surface area contributed by atoms with Gasteiger partial charge in [0.2, 0.25) is 0 Å². The minimum atomic E-state index is -0.181. The molecule has 150 valence electrons. The van der Waals surface area contributed by atoms with E-state index in [1.165, 1.54) is 57.1 Å². The summed E-state index contributed by atoms with van der Waals surface area (Å²) in [5.74, 6) is -0.181. The molecule has 1 atom stereocenters. The normalized spacial score (nSPS) is 12.4. The highest BCUT2D eigenvalue weighted by Crippen LogP contribution is 2.13. The van der Waals surface area contributed by atoms with Crippen molar-refractivity contribution in [2.45, 2.75) is 83.8 Å². The molecule has 0 spiro atoms. The number of ether oxygens (including phenoxy) is 1. The molecular weight excluding hydrogens is 339 g/mol. The number of aromatic nitrogens is 2. The highest BCUT2D eigenvalue weighted by molar-refractivity contribution is 5.16. The number of unbranched alkanes of at least 4 members (excludes halogenated alkanes) is 7. The molecule has 0 aliphatic heterocycles. The van der Waals surface area contributed by atoms with Gasteiger partial charge in [-0.1, -0.05) is 64.0 Å². The van der Waals surface area contributed by atoms with Crippen LogP contribution in [0.5, 0.6) is 0 Å². The third-order valence-corrected chi connectivity index (χ3v) is 4.99. The maximum absolute atomic E-state index is 13.1. The summed E-state index contributed by atoms with van der Waals surface area (Å²) in [4.78, 5) is 4.12. The number of imidazole rings is 1. The third-order valence-electron chi connectivity index (χ3n) is 4.99. The average molecular weight is 375 g/mol. The highest BCUT2D eigenvalue weighted by atomic mass is 19.1. The van der Waals surface area contributed by atoms with Gasteiger partial charge < -0.3 is 9.30 Å². The average Bonchev–Trinajstić information content (AvgIpc) is 3.19. The Morgan fingerprint density at radius 2 is 1.70 bits per heavy atom. The van der Waals surface area contributed by atoms with Crippen molar-refractivity contribution >= 4 is 0 Å². The van der Waals surface area contributed by atoms with Crippen LogP contribution in [0, 0.1) is 5.82 Å². The van der Waals surface area contributed by atoms with Crippen LogP contribution in [0.2, 0.25) is 0 Å². The summed E-state index contributed by atoms with van der Waals surface area (Å²) >= 11 is 0. The van der Waals surface area contributed by atoms with Gasteiger partial charge in [0.15, 0.2) is 0 Å². The van der Waals surface area contributed by atoms with Crippen LogP contribution in [-0.4, -0.2) is 22.3 Å². The standard InChI is InChI=1S/C23H35FN2O/c1-2-3-4-5-6-7-8-9-18-27-23(19-26-17-16-25-20-26)15-12-21-10-13-22(24)14-11-21/h10-11,13-14,16-17,20,23H,2-9,12,15,18-19H2,1H3. The van der Waals surface area contributed by atoms with E-state index in [0.717, 1.165) is 38.0 Å². The molecule has 1 aromatic carbocycles. The summed E-state index contributed by atoms with van der Waals surface area (Å²) in [6.45, 7) is 3.89. The fourth-order valence-electron chi connectivity index (χ4n) is 3.32. The first-order valence-corrected chi connectivity index (χ1v) is 10.6. The van der Waals surface area contributed by atoms with Gasteiger partial charge in [0.05, 0.1) is 12.4 Å². The fourth-order valence-corrected chi connectivity index (χ4v) is 3.32. The summed E-state index contributed by atoms with van der Waals surface area (Å²) in [7, 11) is 0. The molecule has 4 heteroatoms. The van der Waals surface area contributed by atoms with Crippen LogP contribution in [0.4, 0.5) is 4.39 Å². The first kappa shape index (κ1) is 21.6. The maximum Gasteiger partial charge on any atom is 0.123 e. The number of nitrogens with zero attached hydrogens (tertiary/aromatic N) is 2. The molecule has 1 unspecified atom stereocenters. The monoisotopic (exact) mass is 374 g/mol. The van der Waals surface area contributed by atoms with Crippen LogP contribution >= 0.6 is 0 Å². The van der Waals surface area contributed by atoms with E-state index in [-0.39, 0.29) is 11.9 Å². The summed E-state index contributed by atoms with van der Waals surface area (Å²) < 4.78 is 21.3. The molecule has 0 aliphatic rings. The second-order valence-electron chi connectivity index (χ2n) is 7.39. The Kier molecular flexibility index (Phi) is 10.8. The fraction of sp³-hybridized carbons (Fsp3) is 0.609. The summed E-state index contributed by atoms with van der Waals surface area (Å²) in [5.41, 5.74) is 1.16. The van der Waals surface area contributed by atoms with Crippen molar-refractivity contribution < 1.29 is 9.13 Å². The summed E-state index contributed by atoms with van der Waals surface area (Å²) in [6, 6.07) is 6.79. The van der Waals surface area contributed by atoms with E-state index in [0.29, 0.717) is 0 Å². The third kappa shape index (κ3) is 9.71. The van der Waals surface area contributed by atoms with E-state index >= 15 is 0 Å². The lowest BCUT2D eigenvalue weighted by Crippen LogP contribution is -2.21. The molecule has 0 bridgehead atoms. The molecule has 0 N–H and O–H groups in total. The number of hydrogen-bond acceptors (Lipinski definition) is 2. The van der Waals surface area contributed by atoms with Crippen LogP contribution < -0.4 is 0 Å². The number of halogens is 1. The van der Waals surface area contributed by atoms with Gasteiger partial charge in [0, 0.05) is 25.5 Å². The smallest absolute Gasteiger partial charge is 0.123 e. The molecular formula is C23H35FN2O. The van der Waals surface area contributed by atoms with E-state index < -0.39 is 0 Å². The zero-order chi connectivity index (χ0) is 19.2. The van der Waals surface area contributed by atoms with Gasteiger partial charge in [0.25, 0.3) is 0 Å². The molecule has 2 aromatic rings. The molecule has 0 radical (unpaired) electrons. The van der Waals surface area contributed by atoms with Crippen molar-refractivity contribution in [3.05, 3.63) is 54.4 Å². The Morgan fingerprint density at radius 1 is 1.00 bits per heavy atom. The minimum Gasteiger partial charge on any atom is -0.376 e. The molecule has 2 rings (SSSR count). The Balaban J connectivity index is 1.66.